The molecule has 1 amide bonds. The van der Waals surface area contributed by atoms with Gasteiger partial charge in [-0.25, -0.2) is 4.39 Å². The molecule has 0 N–H and O–H groups in total. The number of amides is 1. The van der Waals surface area contributed by atoms with Crippen molar-refractivity contribution < 1.29 is 13.9 Å². The lowest BCUT2D eigenvalue weighted by Gasteiger charge is -2.58. The summed E-state index contributed by atoms with van der Waals surface area (Å²) >= 11 is 0. The van der Waals surface area contributed by atoms with Crippen molar-refractivity contribution in [3.8, 4) is 0 Å². The second-order valence-corrected chi connectivity index (χ2v) is 8.13. The molecule has 0 radical (unpaired) electrons. The number of likely N-dealkylation sites (tertiary alicyclic amines) is 2. The number of halogens is 1. The summed E-state index contributed by atoms with van der Waals surface area (Å²) in [5.74, 6) is 0.750. The summed E-state index contributed by atoms with van der Waals surface area (Å²) in [4.78, 5) is 16.7. The summed E-state index contributed by atoms with van der Waals surface area (Å²) in [7, 11) is 2.15. The van der Waals surface area contributed by atoms with E-state index in [9.17, 15) is 9.18 Å². The smallest absolute Gasteiger partial charge is 0.256 e. The largest absolute Gasteiger partial charge is 0.381 e. The van der Waals surface area contributed by atoms with Gasteiger partial charge in [0.15, 0.2) is 0 Å². The number of rotatable bonds is 5. The van der Waals surface area contributed by atoms with Gasteiger partial charge in [0, 0.05) is 26.3 Å². The monoisotopic (exact) mass is 346 g/mol. The van der Waals surface area contributed by atoms with Gasteiger partial charge in [-0.1, -0.05) is 12.1 Å². The highest BCUT2D eigenvalue weighted by Crippen LogP contribution is 2.39. The molecule has 2 saturated heterocycles. The maximum absolute atomic E-state index is 13.9. The molecule has 4 rings (SSSR count). The van der Waals surface area contributed by atoms with Gasteiger partial charge in [0.05, 0.1) is 11.1 Å². The summed E-state index contributed by atoms with van der Waals surface area (Å²) in [5.41, 5.74) is 0.229. The number of benzene rings is 1. The zero-order valence-corrected chi connectivity index (χ0v) is 14.9. The molecule has 1 saturated carbocycles. The molecule has 3 aliphatic rings. The summed E-state index contributed by atoms with van der Waals surface area (Å²) in [6.07, 6.45) is 4.87. The first-order valence-corrected chi connectivity index (χ1v) is 9.40. The summed E-state index contributed by atoms with van der Waals surface area (Å²) in [5, 5.41) is 0. The lowest BCUT2D eigenvalue weighted by atomic mass is 9.75. The van der Waals surface area contributed by atoms with Crippen molar-refractivity contribution in [2.75, 3.05) is 39.9 Å². The van der Waals surface area contributed by atoms with E-state index >= 15 is 0 Å². The van der Waals surface area contributed by atoms with Crippen molar-refractivity contribution >= 4 is 5.91 Å². The van der Waals surface area contributed by atoms with E-state index in [4.69, 9.17) is 4.74 Å². The fourth-order valence-corrected chi connectivity index (χ4v) is 4.22. The topological polar surface area (TPSA) is 32.8 Å². The van der Waals surface area contributed by atoms with Crippen LogP contribution in [0.15, 0.2) is 24.3 Å². The Kier molecular flexibility index (Phi) is 4.54. The normalized spacial score (nSPS) is 25.8. The molecular formula is C20H27FN2O2. The minimum absolute atomic E-state index is 0.0484. The van der Waals surface area contributed by atoms with Crippen LogP contribution in [0, 0.1) is 17.7 Å². The number of carbonyl (C=O) groups excluding carboxylic acids is 1. The number of carbonyl (C=O) groups is 1. The highest BCUT2D eigenvalue weighted by Gasteiger charge is 2.51. The molecule has 25 heavy (non-hydrogen) atoms. The van der Waals surface area contributed by atoms with Gasteiger partial charge in [-0.2, -0.15) is 0 Å². The summed E-state index contributed by atoms with van der Waals surface area (Å²) in [6.45, 7) is 4.18. The number of ether oxygens (including phenoxy) is 1. The molecule has 4 nitrogen and oxygen atoms in total. The van der Waals surface area contributed by atoms with E-state index in [-0.39, 0.29) is 17.0 Å². The number of nitrogens with zero attached hydrogens (tertiary/aromatic N) is 2. The first-order valence-electron chi connectivity index (χ1n) is 9.40. The highest BCUT2D eigenvalue weighted by molar-refractivity contribution is 5.95. The molecule has 0 aromatic heterocycles. The molecule has 0 unspecified atom stereocenters. The van der Waals surface area contributed by atoms with E-state index in [1.165, 1.54) is 18.9 Å². The molecule has 1 aromatic rings. The average molecular weight is 346 g/mol. The molecule has 2 heterocycles. The standard InChI is InChI=1S/C20H27FN2O2/c1-22-9-8-16(12-25-11-15-6-7-15)10-20(22)13-23(14-20)19(24)17-4-2-3-5-18(17)21/h2-5,15-16H,6-14H2,1H3/t16-/m1/s1. The van der Waals surface area contributed by atoms with E-state index < -0.39 is 5.82 Å². The molecule has 1 aromatic carbocycles. The van der Waals surface area contributed by atoms with Crippen molar-refractivity contribution in [3.05, 3.63) is 35.6 Å². The molecule has 5 heteroatoms. The molecule has 3 fully saturated rings. The Morgan fingerprint density at radius 3 is 2.64 bits per heavy atom. The second kappa shape index (κ2) is 6.69. The minimum atomic E-state index is -0.434. The van der Waals surface area contributed by atoms with E-state index in [0.717, 1.165) is 38.5 Å². The Labute approximate surface area is 148 Å². The van der Waals surface area contributed by atoms with Crippen molar-refractivity contribution in [2.45, 2.75) is 31.2 Å². The van der Waals surface area contributed by atoms with Crippen LogP contribution in [-0.2, 0) is 4.74 Å². The van der Waals surface area contributed by atoms with Crippen LogP contribution < -0.4 is 0 Å². The predicted octanol–water partition coefficient (Wildman–Crippen LogP) is 2.79. The molecule has 1 spiro atoms. The van der Waals surface area contributed by atoms with E-state index in [1.807, 2.05) is 0 Å². The number of piperidine rings is 1. The second-order valence-electron chi connectivity index (χ2n) is 8.13. The van der Waals surface area contributed by atoms with E-state index in [2.05, 4.69) is 11.9 Å². The third-order valence-electron chi connectivity index (χ3n) is 6.12. The third kappa shape index (κ3) is 3.44. The van der Waals surface area contributed by atoms with Gasteiger partial charge in [-0.3, -0.25) is 9.69 Å². The Morgan fingerprint density at radius 1 is 1.20 bits per heavy atom. The van der Waals surface area contributed by atoms with Crippen molar-refractivity contribution in [1.82, 2.24) is 9.80 Å². The predicted molar refractivity (Wildman–Crippen MR) is 93.9 cm³/mol. The fourth-order valence-electron chi connectivity index (χ4n) is 4.22. The van der Waals surface area contributed by atoms with Gasteiger partial charge in [-0.15, -0.1) is 0 Å². The van der Waals surface area contributed by atoms with Crippen molar-refractivity contribution in [3.63, 3.8) is 0 Å². The van der Waals surface area contributed by atoms with Crippen LogP contribution in [-0.4, -0.2) is 61.1 Å². The number of hydrogen-bond donors (Lipinski definition) is 0. The zero-order valence-electron chi connectivity index (χ0n) is 14.9. The quantitative estimate of drug-likeness (QED) is 0.822. The fraction of sp³-hybridized carbons (Fsp3) is 0.650. The number of likely N-dealkylation sites (N-methyl/N-ethyl adjacent to an activating group) is 1. The van der Waals surface area contributed by atoms with Crippen LogP contribution >= 0.6 is 0 Å². The van der Waals surface area contributed by atoms with Crippen LogP contribution in [0.1, 0.15) is 36.0 Å². The summed E-state index contributed by atoms with van der Waals surface area (Å²) < 4.78 is 19.8. The first-order chi connectivity index (χ1) is 12.1. The molecule has 136 valence electrons. The van der Waals surface area contributed by atoms with Crippen LogP contribution in [0.2, 0.25) is 0 Å². The molecule has 1 atom stereocenters. The zero-order chi connectivity index (χ0) is 17.4. The van der Waals surface area contributed by atoms with Gasteiger partial charge in [0.1, 0.15) is 5.82 Å². The van der Waals surface area contributed by atoms with Gasteiger partial charge in [0.25, 0.3) is 5.91 Å². The third-order valence-corrected chi connectivity index (χ3v) is 6.12. The molecule has 1 aliphatic carbocycles. The molecular weight excluding hydrogens is 319 g/mol. The molecule has 0 bridgehead atoms. The van der Waals surface area contributed by atoms with Gasteiger partial charge < -0.3 is 9.64 Å². The average Bonchev–Trinajstić information content (AvgIpc) is 3.38. The maximum atomic E-state index is 13.9. The Morgan fingerprint density at radius 2 is 1.92 bits per heavy atom. The maximum Gasteiger partial charge on any atom is 0.256 e. The van der Waals surface area contributed by atoms with Gasteiger partial charge in [-0.05, 0) is 63.2 Å². The lowest BCUT2D eigenvalue weighted by molar-refractivity contribution is -0.0762. The highest BCUT2D eigenvalue weighted by atomic mass is 19.1. The Bertz CT molecular complexity index is 640. The summed E-state index contributed by atoms with van der Waals surface area (Å²) in [6, 6.07) is 6.25. The van der Waals surface area contributed by atoms with Crippen molar-refractivity contribution in [2.24, 2.45) is 11.8 Å². The van der Waals surface area contributed by atoms with Crippen molar-refractivity contribution in [1.29, 1.82) is 0 Å². The van der Waals surface area contributed by atoms with Gasteiger partial charge in [0.2, 0.25) is 0 Å². The Balaban J connectivity index is 1.34. The van der Waals surface area contributed by atoms with E-state index in [0.29, 0.717) is 19.0 Å². The van der Waals surface area contributed by atoms with E-state index in [1.54, 1.807) is 23.1 Å². The van der Waals surface area contributed by atoms with Crippen LogP contribution in [0.25, 0.3) is 0 Å². The number of hydrogen-bond acceptors (Lipinski definition) is 3. The first kappa shape index (κ1) is 17.0. The lowest BCUT2D eigenvalue weighted by Crippen LogP contribution is -2.72. The minimum Gasteiger partial charge on any atom is -0.381 e. The molecule has 2 aliphatic heterocycles. The Hall–Kier alpha value is -1.46. The van der Waals surface area contributed by atoms with Crippen LogP contribution in [0.4, 0.5) is 4.39 Å². The van der Waals surface area contributed by atoms with Gasteiger partial charge >= 0.3 is 0 Å². The van der Waals surface area contributed by atoms with Crippen LogP contribution in [0.3, 0.4) is 0 Å². The van der Waals surface area contributed by atoms with Crippen LogP contribution in [0.5, 0.6) is 0 Å². The SMILES string of the molecule is CN1CC[C@@H](COCC2CC2)CC12CN(C(=O)c1ccccc1F)C2.